The molecule has 0 spiro atoms. The standard InChI is InChI=1S/C15H16FN3OS/c1-9-8-17-15(21-9)19-14(20)18-13-4-2-3-10-7-11(16)5-6-12(10)13/h5-8,13H,2-4H2,1H3,(H2,17,18,19,20)/t13-/m1/s1. The summed E-state index contributed by atoms with van der Waals surface area (Å²) < 4.78 is 13.3. The van der Waals surface area contributed by atoms with Crippen LogP contribution >= 0.6 is 11.3 Å². The second-order valence-corrected chi connectivity index (χ2v) is 6.40. The Balaban J connectivity index is 1.70. The van der Waals surface area contributed by atoms with Gasteiger partial charge in [0.2, 0.25) is 0 Å². The summed E-state index contributed by atoms with van der Waals surface area (Å²) in [5.74, 6) is -0.225. The number of thiazole rings is 1. The van der Waals surface area contributed by atoms with Crippen LogP contribution < -0.4 is 10.6 Å². The maximum atomic E-state index is 13.3. The lowest BCUT2D eigenvalue weighted by atomic mass is 9.88. The molecular formula is C15H16FN3OS. The van der Waals surface area contributed by atoms with Gasteiger partial charge in [-0.15, -0.1) is 11.3 Å². The number of aromatic nitrogens is 1. The molecule has 1 aliphatic rings. The highest BCUT2D eigenvalue weighted by Gasteiger charge is 2.22. The zero-order chi connectivity index (χ0) is 14.8. The summed E-state index contributed by atoms with van der Waals surface area (Å²) in [6, 6.07) is 4.43. The Morgan fingerprint density at radius 3 is 3.10 bits per heavy atom. The van der Waals surface area contributed by atoms with Gasteiger partial charge in [-0.1, -0.05) is 6.07 Å². The Bertz CT molecular complexity index is 671. The highest BCUT2D eigenvalue weighted by molar-refractivity contribution is 7.15. The first-order chi connectivity index (χ1) is 10.1. The molecule has 1 aromatic heterocycles. The molecule has 2 aromatic rings. The highest BCUT2D eigenvalue weighted by atomic mass is 32.1. The minimum Gasteiger partial charge on any atom is -0.331 e. The Hall–Kier alpha value is -1.95. The molecule has 0 bridgehead atoms. The average molecular weight is 305 g/mol. The third kappa shape index (κ3) is 3.21. The molecule has 6 heteroatoms. The third-order valence-corrected chi connectivity index (χ3v) is 4.39. The number of anilines is 1. The van der Waals surface area contributed by atoms with E-state index in [2.05, 4.69) is 15.6 Å². The van der Waals surface area contributed by atoms with Crippen molar-refractivity contribution in [3.63, 3.8) is 0 Å². The molecule has 0 saturated carbocycles. The van der Waals surface area contributed by atoms with Crippen molar-refractivity contribution in [1.82, 2.24) is 10.3 Å². The molecule has 2 amide bonds. The minimum absolute atomic E-state index is 0.0737. The lowest BCUT2D eigenvalue weighted by Gasteiger charge is -2.26. The van der Waals surface area contributed by atoms with Crippen LogP contribution in [0.5, 0.6) is 0 Å². The summed E-state index contributed by atoms with van der Waals surface area (Å²) in [7, 11) is 0. The van der Waals surface area contributed by atoms with Crippen LogP contribution in [0.15, 0.2) is 24.4 Å². The molecule has 1 aromatic carbocycles. The van der Waals surface area contributed by atoms with E-state index in [1.165, 1.54) is 17.4 Å². The van der Waals surface area contributed by atoms with Gasteiger partial charge in [-0.05, 0) is 49.4 Å². The number of urea groups is 1. The number of benzene rings is 1. The number of rotatable bonds is 2. The molecule has 0 aliphatic heterocycles. The maximum absolute atomic E-state index is 13.3. The second kappa shape index (κ2) is 5.81. The van der Waals surface area contributed by atoms with Crippen molar-refractivity contribution in [3.8, 4) is 0 Å². The molecule has 110 valence electrons. The molecule has 3 rings (SSSR count). The Morgan fingerprint density at radius 2 is 2.33 bits per heavy atom. The summed E-state index contributed by atoms with van der Waals surface area (Å²) in [6.45, 7) is 1.94. The normalized spacial score (nSPS) is 17.1. The summed E-state index contributed by atoms with van der Waals surface area (Å²) in [5, 5.41) is 6.27. The van der Waals surface area contributed by atoms with E-state index in [0.29, 0.717) is 5.13 Å². The molecule has 2 N–H and O–H groups in total. The van der Waals surface area contributed by atoms with Gasteiger partial charge in [-0.2, -0.15) is 0 Å². The predicted molar refractivity (Wildman–Crippen MR) is 81.1 cm³/mol. The molecule has 0 saturated heterocycles. The Labute approximate surface area is 126 Å². The number of halogens is 1. The van der Waals surface area contributed by atoms with E-state index in [1.54, 1.807) is 18.3 Å². The lowest BCUT2D eigenvalue weighted by molar-refractivity contribution is 0.247. The number of nitrogens with zero attached hydrogens (tertiary/aromatic N) is 1. The molecule has 0 unspecified atom stereocenters. The molecule has 4 nitrogen and oxygen atoms in total. The number of hydrogen-bond acceptors (Lipinski definition) is 3. The topological polar surface area (TPSA) is 54.0 Å². The summed E-state index contributed by atoms with van der Waals surface area (Å²) in [5.41, 5.74) is 1.99. The number of hydrogen-bond donors (Lipinski definition) is 2. The van der Waals surface area contributed by atoms with Crippen LogP contribution in [0.2, 0.25) is 0 Å². The van der Waals surface area contributed by atoms with Crippen molar-refractivity contribution >= 4 is 22.5 Å². The van der Waals surface area contributed by atoms with Crippen LogP contribution in [0.3, 0.4) is 0 Å². The van der Waals surface area contributed by atoms with Crippen LogP contribution in [0.4, 0.5) is 14.3 Å². The number of carbonyl (C=O) groups excluding carboxylic acids is 1. The summed E-state index contributed by atoms with van der Waals surface area (Å²) in [6.07, 6.45) is 4.39. The predicted octanol–water partition coefficient (Wildman–Crippen LogP) is 3.79. The van der Waals surface area contributed by atoms with Gasteiger partial charge in [-0.25, -0.2) is 14.2 Å². The highest BCUT2D eigenvalue weighted by Crippen LogP contribution is 2.30. The molecule has 0 fully saturated rings. The zero-order valence-electron chi connectivity index (χ0n) is 11.6. The molecule has 0 radical (unpaired) electrons. The fraction of sp³-hybridized carbons (Fsp3) is 0.333. The maximum Gasteiger partial charge on any atom is 0.321 e. The van der Waals surface area contributed by atoms with Gasteiger partial charge in [0.15, 0.2) is 5.13 Å². The molecular weight excluding hydrogens is 289 g/mol. The number of amides is 2. The number of aryl methyl sites for hydroxylation is 2. The van der Waals surface area contributed by atoms with Crippen molar-refractivity contribution in [3.05, 3.63) is 46.2 Å². The van der Waals surface area contributed by atoms with E-state index in [-0.39, 0.29) is 17.9 Å². The van der Waals surface area contributed by atoms with Gasteiger partial charge in [0, 0.05) is 11.1 Å². The van der Waals surface area contributed by atoms with E-state index in [4.69, 9.17) is 0 Å². The smallest absolute Gasteiger partial charge is 0.321 e. The van der Waals surface area contributed by atoms with E-state index in [1.807, 2.05) is 6.92 Å². The zero-order valence-corrected chi connectivity index (χ0v) is 12.5. The van der Waals surface area contributed by atoms with Crippen LogP contribution in [0.25, 0.3) is 0 Å². The van der Waals surface area contributed by atoms with Gasteiger partial charge < -0.3 is 5.32 Å². The Morgan fingerprint density at radius 1 is 1.48 bits per heavy atom. The van der Waals surface area contributed by atoms with Gasteiger partial charge in [0.25, 0.3) is 0 Å². The average Bonchev–Trinajstić information content (AvgIpc) is 2.83. The van der Waals surface area contributed by atoms with Crippen LogP contribution in [0.1, 0.15) is 34.9 Å². The van der Waals surface area contributed by atoms with Gasteiger partial charge in [-0.3, -0.25) is 5.32 Å². The summed E-state index contributed by atoms with van der Waals surface area (Å²) in [4.78, 5) is 17.2. The van der Waals surface area contributed by atoms with Gasteiger partial charge in [0.1, 0.15) is 5.82 Å². The Kier molecular flexibility index (Phi) is 3.88. The molecule has 21 heavy (non-hydrogen) atoms. The SMILES string of the molecule is Cc1cnc(NC(=O)N[C@@H]2CCCc3cc(F)ccc32)s1. The minimum atomic E-state index is -0.272. The van der Waals surface area contributed by atoms with E-state index < -0.39 is 0 Å². The number of nitrogens with one attached hydrogen (secondary N) is 2. The summed E-state index contributed by atoms with van der Waals surface area (Å²) >= 11 is 1.43. The quantitative estimate of drug-likeness (QED) is 0.887. The monoisotopic (exact) mass is 305 g/mol. The van der Waals surface area contributed by atoms with Gasteiger partial charge >= 0.3 is 6.03 Å². The van der Waals surface area contributed by atoms with Crippen molar-refractivity contribution in [1.29, 1.82) is 0 Å². The fourth-order valence-electron chi connectivity index (χ4n) is 2.64. The van der Waals surface area contributed by atoms with E-state index in [9.17, 15) is 9.18 Å². The van der Waals surface area contributed by atoms with Crippen LogP contribution in [0, 0.1) is 12.7 Å². The van der Waals surface area contributed by atoms with E-state index in [0.717, 1.165) is 35.3 Å². The number of carbonyl (C=O) groups is 1. The first-order valence-electron chi connectivity index (χ1n) is 6.90. The van der Waals surface area contributed by atoms with Crippen LogP contribution in [-0.2, 0) is 6.42 Å². The van der Waals surface area contributed by atoms with Crippen molar-refractivity contribution in [2.24, 2.45) is 0 Å². The molecule has 1 atom stereocenters. The van der Waals surface area contributed by atoms with Crippen molar-refractivity contribution in [2.75, 3.05) is 5.32 Å². The second-order valence-electron chi connectivity index (χ2n) is 5.16. The van der Waals surface area contributed by atoms with Crippen molar-refractivity contribution in [2.45, 2.75) is 32.2 Å². The first-order valence-corrected chi connectivity index (χ1v) is 7.72. The first kappa shape index (κ1) is 14.0. The lowest BCUT2D eigenvalue weighted by Crippen LogP contribution is -2.34. The van der Waals surface area contributed by atoms with Crippen molar-refractivity contribution < 1.29 is 9.18 Å². The van der Waals surface area contributed by atoms with Crippen LogP contribution in [-0.4, -0.2) is 11.0 Å². The number of fused-ring (bicyclic) bond motifs is 1. The molecule has 1 aliphatic carbocycles. The van der Waals surface area contributed by atoms with Gasteiger partial charge in [0.05, 0.1) is 6.04 Å². The third-order valence-electron chi connectivity index (χ3n) is 3.57. The fourth-order valence-corrected chi connectivity index (χ4v) is 3.30. The largest absolute Gasteiger partial charge is 0.331 e. The molecule has 1 heterocycles. The van der Waals surface area contributed by atoms with E-state index >= 15 is 0 Å².